The van der Waals surface area contributed by atoms with Crippen LogP contribution in [-0.4, -0.2) is 16.1 Å². The molecule has 0 atom stereocenters. The van der Waals surface area contributed by atoms with E-state index in [9.17, 15) is 9.90 Å². The van der Waals surface area contributed by atoms with Crippen molar-refractivity contribution < 1.29 is 9.90 Å². The Labute approximate surface area is 118 Å². The Morgan fingerprint density at radius 1 is 1.26 bits per heavy atom. The maximum Gasteiger partial charge on any atom is 0.336 e. The number of fused-ring (bicyclic) bond motifs is 1. The summed E-state index contributed by atoms with van der Waals surface area (Å²) < 4.78 is 0. The average molecular weight is 290 g/mol. The van der Waals surface area contributed by atoms with Gasteiger partial charge in [-0.3, -0.25) is 0 Å². The normalized spacial score (nSPS) is 10.8. The van der Waals surface area contributed by atoms with Crippen molar-refractivity contribution >= 4 is 39.8 Å². The number of pyridine rings is 1. The largest absolute Gasteiger partial charge is 0.478 e. The van der Waals surface area contributed by atoms with Gasteiger partial charge < -0.3 is 5.11 Å². The van der Waals surface area contributed by atoms with Crippen LogP contribution in [0.25, 0.3) is 22.2 Å². The zero-order valence-corrected chi connectivity index (χ0v) is 11.2. The van der Waals surface area contributed by atoms with Crippen molar-refractivity contribution in [2.45, 2.75) is 0 Å². The van der Waals surface area contributed by atoms with Gasteiger partial charge in [-0.05, 0) is 29.6 Å². The van der Waals surface area contributed by atoms with E-state index in [2.05, 4.69) is 4.98 Å². The highest BCUT2D eigenvalue weighted by Gasteiger charge is 2.13. The lowest BCUT2D eigenvalue weighted by molar-refractivity contribution is 0.0699. The molecule has 2 heterocycles. The second kappa shape index (κ2) is 4.64. The van der Waals surface area contributed by atoms with Gasteiger partial charge in [0, 0.05) is 21.4 Å². The van der Waals surface area contributed by atoms with Gasteiger partial charge >= 0.3 is 5.97 Å². The van der Waals surface area contributed by atoms with Gasteiger partial charge in [-0.1, -0.05) is 17.7 Å². The Bertz CT molecular complexity index is 768. The van der Waals surface area contributed by atoms with Gasteiger partial charge in [-0.2, -0.15) is 11.3 Å². The number of hydrogen-bond acceptors (Lipinski definition) is 3. The van der Waals surface area contributed by atoms with Crippen LogP contribution in [0.15, 0.2) is 41.1 Å². The van der Waals surface area contributed by atoms with Crippen LogP contribution in [0, 0.1) is 0 Å². The van der Waals surface area contributed by atoms with E-state index in [0.29, 0.717) is 21.6 Å². The lowest BCUT2D eigenvalue weighted by atomic mass is 10.1. The first-order valence-corrected chi connectivity index (χ1v) is 6.83. The number of aromatic nitrogens is 1. The highest BCUT2D eigenvalue weighted by Crippen LogP contribution is 2.27. The van der Waals surface area contributed by atoms with Gasteiger partial charge in [0.15, 0.2) is 0 Å². The minimum absolute atomic E-state index is 0.239. The molecule has 0 bridgehead atoms. The average Bonchev–Trinajstić information content (AvgIpc) is 2.90. The summed E-state index contributed by atoms with van der Waals surface area (Å²) in [7, 11) is 0. The molecule has 19 heavy (non-hydrogen) atoms. The summed E-state index contributed by atoms with van der Waals surface area (Å²) in [6.45, 7) is 0. The third-order valence-corrected chi connectivity index (χ3v) is 3.74. The summed E-state index contributed by atoms with van der Waals surface area (Å²) in [5, 5.41) is 14.3. The maximum absolute atomic E-state index is 11.4. The predicted octanol–water partition coefficient (Wildman–Crippen LogP) is 4.31. The summed E-state index contributed by atoms with van der Waals surface area (Å²) in [6.07, 6.45) is 0. The molecule has 0 saturated heterocycles. The second-order valence-electron chi connectivity index (χ2n) is 4.03. The van der Waals surface area contributed by atoms with E-state index in [4.69, 9.17) is 11.6 Å². The van der Waals surface area contributed by atoms with E-state index in [1.807, 2.05) is 16.8 Å². The van der Waals surface area contributed by atoms with E-state index < -0.39 is 5.97 Å². The van der Waals surface area contributed by atoms with Crippen LogP contribution in [0.5, 0.6) is 0 Å². The van der Waals surface area contributed by atoms with Crippen LogP contribution >= 0.6 is 22.9 Å². The number of nitrogens with zero attached hydrogens (tertiary/aromatic N) is 1. The van der Waals surface area contributed by atoms with Crippen LogP contribution in [0.2, 0.25) is 5.02 Å². The molecule has 3 aromatic rings. The Morgan fingerprint density at radius 2 is 2.11 bits per heavy atom. The molecule has 1 N–H and O–H groups in total. The van der Waals surface area contributed by atoms with Crippen LogP contribution in [-0.2, 0) is 0 Å². The lowest BCUT2D eigenvalue weighted by Crippen LogP contribution is -2.00. The van der Waals surface area contributed by atoms with Gasteiger partial charge in [-0.15, -0.1) is 0 Å². The molecule has 0 fully saturated rings. The molecule has 0 spiro atoms. The molecule has 0 aliphatic rings. The molecule has 0 aliphatic carbocycles. The van der Waals surface area contributed by atoms with Crippen molar-refractivity contribution in [2.24, 2.45) is 0 Å². The number of hydrogen-bond donors (Lipinski definition) is 1. The maximum atomic E-state index is 11.4. The fourth-order valence-electron chi connectivity index (χ4n) is 1.94. The molecule has 2 aromatic heterocycles. The minimum atomic E-state index is -0.966. The topological polar surface area (TPSA) is 50.2 Å². The quantitative estimate of drug-likeness (QED) is 0.764. The van der Waals surface area contributed by atoms with Crippen molar-refractivity contribution in [3.63, 3.8) is 0 Å². The number of halogens is 1. The second-order valence-corrected chi connectivity index (χ2v) is 5.25. The minimum Gasteiger partial charge on any atom is -0.478 e. The number of carboxylic acid groups (broad SMARTS) is 1. The zero-order valence-electron chi connectivity index (χ0n) is 9.63. The third-order valence-electron chi connectivity index (χ3n) is 2.82. The molecule has 0 unspecified atom stereocenters. The van der Waals surface area contributed by atoms with E-state index in [1.54, 1.807) is 35.6 Å². The van der Waals surface area contributed by atoms with Crippen molar-refractivity contribution in [3.05, 3.63) is 51.7 Å². The number of aromatic carboxylic acids is 1. The molecular weight excluding hydrogens is 282 g/mol. The molecular formula is C14H8ClNO2S. The number of thiophene rings is 1. The fourth-order valence-corrected chi connectivity index (χ4v) is 2.75. The number of carbonyl (C=O) groups is 1. The van der Waals surface area contributed by atoms with Gasteiger partial charge in [0.05, 0.1) is 16.8 Å². The molecule has 0 amide bonds. The van der Waals surface area contributed by atoms with Crippen molar-refractivity contribution in [1.82, 2.24) is 4.98 Å². The molecule has 5 heteroatoms. The summed E-state index contributed by atoms with van der Waals surface area (Å²) in [5.74, 6) is -0.966. The zero-order chi connectivity index (χ0) is 13.4. The van der Waals surface area contributed by atoms with Crippen molar-refractivity contribution in [2.75, 3.05) is 0 Å². The number of carboxylic acids is 1. The molecule has 3 nitrogen and oxygen atoms in total. The Kier molecular flexibility index (Phi) is 2.97. The monoisotopic (exact) mass is 289 g/mol. The standard InChI is InChI=1S/C14H8ClNO2S/c15-9-1-2-10-11(14(17)18)6-12(16-13(10)5-9)8-3-4-19-7-8/h1-7H,(H,17,18). The molecule has 3 rings (SSSR count). The van der Waals surface area contributed by atoms with E-state index in [-0.39, 0.29) is 5.56 Å². The highest BCUT2D eigenvalue weighted by atomic mass is 35.5. The van der Waals surface area contributed by atoms with Crippen LogP contribution < -0.4 is 0 Å². The molecule has 0 radical (unpaired) electrons. The number of rotatable bonds is 2. The smallest absolute Gasteiger partial charge is 0.336 e. The first-order valence-electron chi connectivity index (χ1n) is 5.51. The fraction of sp³-hybridized carbons (Fsp3) is 0. The lowest BCUT2D eigenvalue weighted by Gasteiger charge is -2.06. The first-order chi connectivity index (χ1) is 9.15. The van der Waals surface area contributed by atoms with Crippen molar-refractivity contribution in [3.8, 4) is 11.3 Å². The van der Waals surface area contributed by atoms with Gasteiger partial charge in [-0.25, -0.2) is 9.78 Å². The highest BCUT2D eigenvalue weighted by molar-refractivity contribution is 7.08. The Balaban J connectivity index is 2.34. The Morgan fingerprint density at radius 3 is 2.79 bits per heavy atom. The van der Waals surface area contributed by atoms with Crippen LogP contribution in [0.3, 0.4) is 0 Å². The summed E-state index contributed by atoms with van der Waals surface area (Å²) in [5.41, 5.74) is 2.39. The number of benzene rings is 1. The third kappa shape index (κ3) is 2.20. The molecule has 94 valence electrons. The molecule has 1 aromatic carbocycles. The van der Waals surface area contributed by atoms with E-state index in [1.165, 1.54) is 0 Å². The van der Waals surface area contributed by atoms with Crippen LogP contribution in [0.1, 0.15) is 10.4 Å². The van der Waals surface area contributed by atoms with E-state index >= 15 is 0 Å². The summed E-state index contributed by atoms with van der Waals surface area (Å²) >= 11 is 7.49. The SMILES string of the molecule is O=C(O)c1cc(-c2ccsc2)nc2cc(Cl)ccc12. The first kappa shape index (κ1) is 12.1. The van der Waals surface area contributed by atoms with Gasteiger partial charge in [0.2, 0.25) is 0 Å². The van der Waals surface area contributed by atoms with Gasteiger partial charge in [0.1, 0.15) is 0 Å². The predicted molar refractivity (Wildman–Crippen MR) is 77.0 cm³/mol. The molecule has 0 aliphatic heterocycles. The van der Waals surface area contributed by atoms with E-state index in [0.717, 1.165) is 5.56 Å². The van der Waals surface area contributed by atoms with Crippen LogP contribution in [0.4, 0.5) is 0 Å². The summed E-state index contributed by atoms with van der Waals surface area (Å²) in [6, 6.07) is 8.54. The van der Waals surface area contributed by atoms with Crippen molar-refractivity contribution in [1.29, 1.82) is 0 Å². The summed E-state index contributed by atoms with van der Waals surface area (Å²) in [4.78, 5) is 15.8. The molecule has 0 saturated carbocycles. The van der Waals surface area contributed by atoms with Gasteiger partial charge in [0.25, 0.3) is 0 Å². The Hall–Kier alpha value is -1.91.